The summed E-state index contributed by atoms with van der Waals surface area (Å²) in [5, 5.41) is 11.5. The highest BCUT2D eigenvalue weighted by molar-refractivity contribution is 6.10. The Kier molecular flexibility index (Phi) is 2.81. The number of benzene rings is 2. The quantitative estimate of drug-likeness (QED) is 0.844. The highest BCUT2D eigenvalue weighted by Gasteiger charge is 2.19. The summed E-state index contributed by atoms with van der Waals surface area (Å²) < 4.78 is 0. The lowest BCUT2D eigenvalue weighted by Crippen LogP contribution is -2.03. The minimum atomic E-state index is -0.114. The molecule has 4 heteroatoms. The third-order valence-electron chi connectivity index (χ3n) is 3.27. The lowest BCUT2D eigenvalue weighted by atomic mass is 9.99. The molecule has 4 nitrogen and oxygen atoms in total. The number of nitrogens with zero attached hydrogens (tertiary/aromatic N) is 1. The highest BCUT2D eigenvalue weighted by atomic mass is 16.1. The molecule has 2 aromatic carbocycles. The van der Waals surface area contributed by atoms with Crippen LogP contribution in [-0.2, 0) is 11.2 Å². The van der Waals surface area contributed by atoms with E-state index in [0.29, 0.717) is 23.1 Å². The van der Waals surface area contributed by atoms with Gasteiger partial charge in [0, 0.05) is 16.8 Å². The maximum atomic E-state index is 12.3. The number of ketones is 1. The van der Waals surface area contributed by atoms with Crippen molar-refractivity contribution in [2.24, 2.45) is 0 Å². The molecule has 1 amide bonds. The molecule has 0 saturated carbocycles. The fourth-order valence-electron chi connectivity index (χ4n) is 2.23. The number of rotatable bonds is 2. The SMILES string of the molecule is N#Cc1ccc(C(=O)c2ccc3c(c2)CC(=O)N3)cc1. The van der Waals surface area contributed by atoms with Gasteiger partial charge in [0.25, 0.3) is 0 Å². The number of fused-ring (bicyclic) bond motifs is 1. The second-order valence-electron chi connectivity index (χ2n) is 4.62. The highest BCUT2D eigenvalue weighted by Crippen LogP contribution is 2.25. The maximum absolute atomic E-state index is 12.3. The number of nitrogens with one attached hydrogen (secondary N) is 1. The summed E-state index contributed by atoms with van der Waals surface area (Å²) in [7, 11) is 0. The molecule has 96 valence electrons. The molecular formula is C16H10N2O2. The number of carbonyl (C=O) groups is 2. The number of nitriles is 1. The third kappa shape index (κ3) is 2.06. The number of carbonyl (C=O) groups excluding carboxylic acids is 2. The normalized spacial score (nSPS) is 12.4. The summed E-state index contributed by atoms with van der Waals surface area (Å²) in [5.74, 6) is -0.167. The van der Waals surface area contributed by atoms with Crippen LogP contribution in [0.3, 0.4) is 0 Å². The summed E-state index contributed by atoms with van der Waals surface area (Å²) in [4.78, 5) is 23.6. The van der Waals surface area contributed by atoms with Gasteiger partial charge in [0.2, 0.25) is 5.91 Å². The van der Waals surface area contributed by atoms with Crippen molar-refractivity contribution in [2.45, 2.75) is 6.42 Å². The summed E-state index contributed by atoms with van der Waals surface area (Å²) in [6.45, 7) is 0. The van der Waals surface area contributed by atoms with E-state index in [1.54, 1.807) is 42.5 Å². The first-order valence-electron chi connectivity index (χ1n) is 6.15. The largest absolute Gasteiger partial charge is 0.326 e. The van der Waals surface area contributed by atoms with Crippen LogP contribution < -0.4 is 5.32 Å². The molecule has 1 heterocycles. The minimum absolute atomic E-state index is 0.0528. The number of hydrogen-bond donors (Lipinski definition) is 1. The van der Waals surface area contributed by atoms with Gasteiger partial charge in [0.15, 0.2) is 5.78 Å². The van der Waals surface area contributed by atoms with Gasteiger partial charge in [-0.2, -0.15) is 5.26 Å². The molecule has 2 aromatic rings. The molecule has 0 saturated heterocycles. The van der Waals surface area contributed by atoms with Crippen LogP contribution in [0.25, 0.3) is 0 Å². The van der Waals surface area contributed by atoms with Gasteiger partial charge >= 0.3 is 0 Å². The average Bonchev–Trinajstić information content (AvgIpc) is 2.85. The second kappa shape index (κ2) is 4.63. The van der Waals surface area contributed by atoms with Crippen LogP contribution in [0.4, 0.5) is 5.69 Å². The zero-order valence-electron chi connectivity index (χ0n) is 10.5. The van der Waals surface area contributed by atoms with Crippen molar-refractivity contribution in [3.63, 3.8) is 0 Å². The molecule has 0 radical (unpaired) electrons. The molecule has 1 N–H and O–H groups in total. The standard InChI is InChI=1S/C16H10N2O2/c17-9-10-1-3-11(4-2-10)16(20)12-5-6-14-13(7-12)8-15(19)18-14/h1-7H,8H2,(H,18,19). The van der Waals surface area contributed by atoms with Crippen molar-refractivity contribution in [1.29, 1.82) is 5.26 Å². The predicted molar refractivity (Wildman–Crippen MR) is 73.4 cm³/mol. The Balaban J connectivity index is 1.93. The molecule has 1 aliphatic rings. The molecule has 0 spiro atoms. The van der Waals surface area contributed by atoms with Gasteiger partial charge in [0.05, 0.1) is 18.1 Å². The van der Waals surface area contributed by atoms with Gasteiger partial charge < -0.3 is 5.32 Å². The Bertz CT molecular complexity index is 755. The van der Waals surface area contributed by atoms with Gasteiger partial charge in [-0.05, 0) is 48.0 Å². The van der Waals surface area contributed by atoms with Crippen molar-refractivity contribution >= 4 is 17.4 Å². The van der Waals surface area contributed by atoms with Crippen LogP contribution in [0.5, 0.6) is 0 Å². The van der Waals surface area contributed by atoms with Crippen molar-refractivity contribution < 1.29 is 9.59 Å². The van der Waals surface area contributed by atoms with E-state index in [4.69, 9.17) is 5.26 Å². The zero-order chi connectivity index (χ0) is 14.1. The van der Waals surface area contributed by atoms with E-state index in [2.05, 4.69) is 5.32 Å². The number of hydrogen-bond acceptors (Lipinski definition) is 3. The van der Waals surface area contributed by atoms with E-state index >= 15 is 0 Å². The summed E-state index contributed by atoms with van der Waals surface area (Å²) >= 11 is 0. The van der Waals surface area contributed by atoms with Crippen LogP contribution in [0.2, 0.25) is 0 Å². The van der Waals surface area contributed by atoms with E-state index in [1.165, 1.54) is 0 Å². The predicted octanol–water partition coefficient (Wildman–Crippen LogP) is 2.28. The molecular weight excluding hydrogens is 252 g/mol. The Morgan fingerprint density at radius 1 is 1.10 bits per heavy atom. The van der Waals surface area contributed by atoms with E-state index in [0.717, 1.165) is 11.3 Å². The molecule has 0 aromatic heterocycles. The van der Waals surface area contributed by atoms with Crippen molar-refractivity contribution in [3.8, 4) is 6.07 Å². The first-order valence-corrected chi connectivity index (χ1v) is 6.15. The lowest BCUT2D eigenvalue weighted by Gasteiger charge is -2.04. The third-order valence-corrected chi connectivity index (χ3v) is 3.27. The first-order chi connectivity index (χ1) is 9.67. The maximum Gasteiger partial charge on any atom is 0.228 e. The van der Waals surface area contributed by atoms with Crippen molar-refractivity contribution in [2.75, 3.05) is 5.32 Å². The summed E-state index contributed by atoms with van der Waals surface area (Å²) in [5.41, 5.74) is 3.21. The topological polar surface area (TPSA) is 70.0 Å². The Hall–Kier alpha value is -2.93. The monoisotopic (exact) mass is 262 g/mol. The molecule has 20 heavy (non-hydrogen) atoms. The van der Waals surface area contributed by atoms with E-state index in [1.807, 2.05) is 6.07 Å². The van der Waals surface area contributed by atoms with Crippen LogP contribution >= 0.6 is 0 Å². The molecule has 1 aliphatic heterocycles. The zero-order valence-corrected chi connectivity index (χ0v) is 10.5. The molecule has 3 rings (SSSR count). The number of anilines is 1. The van der Waals surface area contributed by atoms with Gasteiger partial charge in [-0.15, -0.1) is 0 Å². The summed E-state index contributed by atoms with van der Waals surface area (Å²) in [6.07, 6.45) is 0.309. The summed E-state index contributed by atoms with van der Waals surface area (Å²) in [6, 6.07) is 13.7. The average molecular weight is 262 g/mol. The van der Waals surface area contributed by atoms with Crippen molar-refractivity contribution in [1.82, 2.24) is 0 Å². The van der Waals surface area contributed by atoms with E-state index < -0.39 is 0 Å². The second-order valence-corrected chi connectivity index (χ2v) is 4.62. The molecule has 0 atom stereocenters. The van der Waals surface area contributed by atoms with Crippen LogP contribution in [-0.4, -0.2) is 11.7 Å². The minimum Gasteiger partial charge on any atom is -0.326 e. The first kappa shape index (κ1) is 12.1. The van der Waals surface area contributed by atoms with E-state index in [-0.39, 0.29) is 11.7 Å². The molecule has 0 aliphatic carbocycles. The fraction of sp³-hybridized carbons (Fsp3) is 0.0625. The number of amides is 1. The fourth-order valence-corrected chi connectivity index (χ4v) is 2.23. The molecule has 0 unspecified atom stereocenters. The molecule has 0 fully saturated rings. The molecule has 0 bridgehead atoms. The Morgan fingerprint density at radius 3 is 2.50 bits per heavy atom. The van der Waals surface area contributed by atoms with Crippen molar-refractivity contribution in [3.05, 3.63) is 64.7 Å². The Morgan fingerprint density at radius 2 is 1.80 bits per heavy atom. The van der Waals surface area contributed by atoms with Crippen LogP contribution in [0, 0.1) is 11.3 Å². The lowest BCUT2D eigenvalue weighted by molar-refractivity contribution is -0.115. The smallest absolute Gasteiger partial charge is 0.228 e. The van der Waals surface area contributed by atoms with Gasteiger partial charge in [0.1, 0.15) is 0 Å². The van der Waals surface area contributed by atoms with Gasteiger partial charge in [-0.1, -0.05) is 0 Å². The van der Waals surface area contributed by atoms with Crippen LogP contribution in [0.1, 0.15) is 27.0 Å². The van der Waals surface area contributed by atoms with Gasteiger partial charge in [-0.3, -0.25) is 9.59 Å². The van der Waals surface area contributed by atoms with Crippen LogP contribution in [0.15, 0.2) is 42.5 Å². The Labute approximate surface area is 115 Å². The van der Waals surface area contributed by atoms with E-state index in [9.17, 15) is 9.59 Å². The van der Waals surface area contributed by atoms with Gasteiger partial charge in [-0.25, -0.2) is 0 Å².